The van der Waals surface area contributed by atoms with E-state index in [0.717, 1.165) is 10.7 Å². The lowest BCUT2D eigenvalue weighted by Gasteiger charge is -2.13. The Morgan fingerprint density at radius 3 is 2.71 bits per heavy atom. The maximum Gasteiger partial charge on any atom is 0.0755 e. The van der Waals surface area contributed by atoms with Crippen LogP contribution >= 0.6 is 11.8 Å². The number of thioether (sulfide) groups is 1. The molecule has 1 aliphatic heterocycles. The first-order chi connectivity index (χ1) is 6.84. The topological polar surface area (TPSA) is 12.4 Å². The van der Waals surface area contributed by atoms with Crippen molar-refractivity contribution in [3.63, 3.8) is 0 Å². The Balaban J connectivity index is 2.50. The van der Waals surface area contributed by atoms with Gasteiger partial charge >= 0.3 is 0 Å². The summed E-state index contributed by atoms with van der Waals surface area (Å²) < 4.78 is 0. The lowest BCUT2D eigenvalue weighted by Crippen LogP contribution is -1.90. The molecule has 68 valence electrons. The molecule has 1 aliphatic rings. The highest BCUT2D eigenvalue weighted by molar-refractivity contribution is 8.14. The Hall–Kier alpha value is -1.28. The van der Waals surface area contributed by atoms with E-state index in [2.05, 4.69) is 48.3 Å². The van der Waals surface area contributed by atoms with Gasteiger partial charge in [0.05, 0.1) is 10.7 Å². The minimum absolute atomic E-state index is 1.11. The molecule has 0 spiro atoms. The van der Waals surface area contributed by atoms with Gasteiger partial charge in [-0.3, -0.25) is 0 Å². The van der Waals surface area contributed by atoms with Gasteiger partial charge in [-0.15, -0.1) is 0 Å². The fourth-order valence-electron chi connectivity index (χ4n) is 1.82. The number of aliphatic imine (C=N–C) groups is 1. The molecule has 2 aromatic carbocycles. The summed E-state index contributed by atoms with van der Waals surface area (Å²) in [5.41, 5.74) is 1.11. The SMILES string of the molecule is CC1=Nc2cccc3cccc(c23)S1. The second kappa shape index (κ2) is 2.85. The lowest BCUT2D eigenvalue weighted by molar-refractivity contribution is 1.47. The maximum atomic E-state index is 4.54. The summed E-state index contributed by atoms with van der Waals surface area (Å²) in [4.78, 5) is 5.87. The Morgan fingerprint density at radius 2 is 1.86 bits per heavy atom. The van der Waals surface area contributed by atoms with E-state index >= 15 is 0 Å². The largest absolute Gasteiger partial charge is 0.246 e. The molecule has 2 heteroatoms. The Kier molecular flexibility index (Phi) is 1.64. The summed E-state index contributed by atoms with van der Waals surface area (Å²) in [6.45, 7) is 2.06. The maximum absolute atomic E-state index is 4.54. The molecule has 0 saturated carbocycles. The third kappa shape index (κ3) is 1.07. The molecule has 0 aliphatic carbocycles. The van der Waals surface area contributed by atoms with Crippen molar-refractivity contribution >= 4 is 33.3 Å². The normalized spacial score (nSPS) is 14.2. The summed E-state index contributed by atoms with van der Waals surface area (Å²) >= 11 is 1.75. The van der Waals surface area contributed by atoms with E-state index in [4.69, 9.17) is 0 Å². The highest BCUT2D eigenvalue weighted by Gasteiger charge is 2.11. The van der Waals surface area contributed by atoms with Crippen molar-refractivity contribution in [1.82, 2.24) is 0 Å². The van der Waals surface area contributed by atoms with Crippen LogP contribution < -0.4 is 0 Å². The van der Waals surface area contributed by atoms with Gasteiger partial charge in [0.1, 0.15) is 0 Å². The highest BCUT2D eigenvalue weighted by Crippen LogP contribution is 2.39. The van der Waals surface area contributed by atoms with Gasteiger partial charge in [-0.2, -0.15) is 0 Å². The van der Waals surface area contributed by atoms with Crippen LogP contribution in [0.4, 0.5) is 5.69 Å². The van der Waals surface area contributed by atoms with Crippen LogP contribution in [0.3, 0.4) is 0 Å². The predicted molar refractivity (Wildman–Crippen MR) is 62.6 cm³/mol. The average Bonchev–Trinajstić information content (AvgIpc) is 2.18. The molecule has 0 radical (unpaired) electrons. The minimum Gasteiger partial charge on any atom is -0.246 e. The van der Waals surface area contributed by atoms with Crippen molar-refractivity contribution in [2.45, 2.75) is 11.8 Å². The molecule has 0 bridgehead atoms. The molecule has 3 rings (SSSR count). The van der Waals surface area contributed by atoms with Gasteiger partial charge < -0.3 is 0 Å². The molecule has 14 heavy (non-hydrogen) atoms. The van der Waals surface area contributed by atoms with Crippen molar-refractivity contribution in [3.05, 3.63) is 36.4 Å². The smallest absolute Gasteiger partial charge is 0.0755 e. The van der Waals surface area contributed by atoms with Crippen LogP contribution in [0.5, 0.6) is 0 Å². The van der Waals surface area contributed by atoms with E-state index in [-0.39, 0.29) is 0 Å². The first-order valence-electron chi connectivity index (χ1n) is 4.59. The first-order valence-corrected chi connectivity index (χ1v) is 5.41. The molecule has 1 nitrogen and oxygen atoms in total. The fraction of sp³-hybridized carbons (Fsp3) is 0.0833. The summed E-state index contributed by atoms with van der Waals surface area (Å²) in [5, 5.41) is 3.70. The van der Waals surface area contributed by atoms with Crippen LogP contribution in [0.15, 0.2) is 46.3 Å². The van der Waals surface area contributed by atoms with Gasteiger partial charge in [-0.1, -0.05) is 36.0 Å². The van der Waals surface area contributed by atoms with Crippen molar-refractivity contribution in [1.29, 1.82) is 0 Å². The number of rotatable bonds is 0. The Morgan fingerprint density at radius 1 is 1.07 bits per heavy atom. The van der Waals surface area contributed by atoms with E-state index < -0.39 is 0 Å². The number of nitrogens with zero attached hydrogens (tertiary/aromatic N) is 1. The molecule has 0 fully saturated rings. The number of hydrogen-bond acceptors (Lipinski definition) is 2. The molecule has 1 heterocycles. The van der Waals surface area contributed by atoms with E-state index in [9.17, 15) is 0 Å². The second-order valence-corrected chi connectivity index (χ2v) is 4.60. The second-order valence-electron chi connectivity index (χ2n) is 3.36. The quantitative estimate of drug-likeness (QED) is 0.624. The van der Waals surface area contributed by atoms with Crippen molar-refractivity contribution in [3.8, 4) is 0 Å². The van der Waals surface area contributed by atoms with Gasteiger partial charge in [0.2, 0.25) is 0 Å². The van der Waals surface area contributed by atoms with Gasteiger partial charge in [-0.05, 0) is 24.4 Å². The zero-order valence-corrected chi connectivity index (χ0v) is 8.64. The van der Waals surface area contributed by atoms with Crippen LogP contribution in [0.25, 0.3) is 10.8 Å². The molecule has 2 aromatic rings. The van der Waals surface area contributed by atoms with Crippen LogP contribution in [-0.4, -0.2) is 5.04 Å². The molecule has 0 N–H and O–H groups in total. The van der Waals surface area contributed by atoms with Gasteiger partial charge in [0.15, 0.2) is 0 Å². The molecule has 0 unspecified atom stereocenters. The zero-order valence-electron chi connectivity index (χ0n) is 7.82. The van der Waals surface area contributed by atoms with Crippen LogP contribution in [0, 0.1) is 0 Å². The number of hydrogen-bond donors (Lipinski definition) is 0. The van der Waals surface area contributed by atoms with Crippen LogP contribution in [0.2, 0.25) is 0 Å². The third-order valence-electron chi connectivity index (χ3n) is 2.38. The van der Waals surface area contributed by atoms with Crippen molar-refractivity contribution in [2.75, 3.05) is 0 Å². The van der Waals surface area contributed by atoms with E-state index in [1.54, 1.807) is 11.8 Å². The van der Waals surface area contributed by atoms with Crippen molar-refractivity contribution < 1.29 is 0 Å². The molecule has 0 aromatic heterocycles. The standard InChI is InChI=1S/C12H9NS/c1-8-13-10-6-2-4-9-5-3-7-11(14-8)12(9)10/h2-7H,1H3. The summed E-state index contributed by atoms with van der Waals surface area (Å²) in [6.07, 6.45) is 0. The summed E-state index contributed by atoms with van der Waals surface area (Å²) in [6, 6.07) is 12.7. The monoisotopic (exact) mass is 199 g/mol. The summed E-state index contributed by atoms with van der Waals surface area (Å²) in [5.74, 6) is 0. The highest BCUT2D eigenvalue weighted by atomic mass is 32.2. The molecule has 0 amide bonds. The third-order valence-corrected chi connectivity index (χ3v) is 3.33. The van der Waals surface area contributed by atoms with Gasteiger partial charge in [-0.25, -0.2) is 4.99 Å². The molecule has 0 atom stereocenters. The summed E-state index contributed by atoms with van der Waals surface area (Å²) in [7, 11) is 0. The zero-order chi connectivity index (χ0) is 9.54. The van der Waals surface area contributed by atoms with Crippen LogP contribution in [0.1, 0.15) is 6.92 Å². The minimum atomic E-state index is 1.11. The Labute approximate surface area is 86.9 Å². The molecular formula is C12H9NS. The van der Waals surface area contributed by atoms with E-state index in [0.29, 0.717) is 0 Å². The average molecular weight is 199 g/mol. The van der Waals surface area contributed by atoms with Crippen LogP contribution in [-0.2, 0) is 0 Å². The number of benzene rings is 2. The molecular weight excluding hydrogens is 190 g/mol. The van der Waals surface area contributed by atoms with Gasteiger partial charge in [0, 0.05) is 10.3 Å². The van der Waals surface area contributed by atoms with Gasteiger partial charge in [0.25, 0.3) is 0 Å². The van der Waals surface area contributed by atoms with E-state index in [1.807, 2.05) is 0 Å². The lowest BCUT2D eigenvalue weighted by atomic mass is 10.1. The molecule has 0 saturated heterocycles. The first kappa shape index (κ1) is 8.06. The Bertz CT molecular complexity index is 538. The van der Waals surface area contributed by atoms with Crippen molar-refractivity contribution in [2.24, 2.45) is 4.99 Å². The fourth-order valence-corrected chi connectivity index (χ4v) is 2.75. The van der Waals surface area contributed by atoms with E-state index in [1.165, 1.54) is 15.7 Å². The predicted octanol–water partition coefficient (Wildman–Crippen LogP) is 4.00.